The highest BCUT2D eigenvalue weighted by Crippen LogP contribution is 2.27. The second-order valence-electron chi connectivity index (χ2n) is 4.74. The molecule has 1 amide bonds. The lowest BCUT2D eigenvalue weighted by Gasteiger charge is -2.19. The molecule has 0 fully saturated rings. The summed E-state index contributed by atoms with van der Waals surface area (Å²) in [4.78, 5) is 13.6. The van der Waals surface area contributed by atoms with Crippen LogP contribution in [-0.4, -0.2) is 25.5 Å². The van der Waals surface area contributed by atoms with E-state index in [0.717, 1.165) is 5.69 Å². The molecule has 3 N–H and O–H groups in total. The topological polar surface area (TPSA) is 58.4 Å². The molecular weight excluding hydrogens is 238 g/mol. The van der Waals surface area contributed by atoms with Crippen molar-refractivity contribution in [3.05, 3.63) is 23.2 Å². The summed E-state index contributed by atoms with van der Waals surface area (Å²) in [7, 11) is 3.81. The Morgan fingerprint density at radius 1 is 1.41 bits per heavy atom. The van der Waals surface area contributed by atoms with Crippen LogP contribution in [-0.2, 0) is 4.79 Å². The van der Waals surface area contributed by atoms with Gasteiger partial charge in [-0.15, -0.1) is 0 Å². The van der Waals surface area contributed by atoms with Gasteiger partial charge in [0.1, 0.15) is 0 Å². The number of halogens is 1. The Hall–Kier alpha value is -1.26. The third-order valence-electron chi connectivity index (χ3n) is 2.27. The molecule has 0 unspecified atom stereocenters. The van der Waals surface area contributed by atoms with Gasteiger partial charge in [0.25, 0.3) is 0 Å². The van der Waals surface area contributed by atoms with Gasteiger partial charge in [0.05, 0.1) is 16.2 Å². The number of nitrogens with one attached hydrogen (secondary N) is 1. The Morgan fingerprint density at radius 2 is 2.00 bits per heavy atom. The zero-order valence-corrected chi connectivity index (χ0v) is 11.3. The predicted octanol–water partition coefficient (Wildman–Crippen LogP) is 2.08. The van der Waals surface area contributed by atoms with Crippen LogP contribution in [0, 0.1) is 0 Å². The van der Waals surface area contributed by atoms with Crippen LogP contribution in [0.3, 0.4) is 0 Å². The second kappa shape index (κ2) is 4.94. The van der Waals surface area contributed by atoms with Gasteiger partial charge in [-0.25, -0.2) is 0 Å². The standard InChI is InChI=1S/C12H18ClN3O/c1-12(2,14)11(17)15-8-5-6-10(16(3)4)9(13)7-8/h5-7H,14H2,1-4H3,(H,15,17). The third-order valence-corrected chi connectivity index (χ3v) is 2.58. The number of hydrogen-bond acceptors (Lipinski definition) is 3. The van der Waals surface area contributed by atoms with Gasteiger partial charge in [-0.2, -0.15) is 0 Å². The number of carbonyl (C=O) groups is 1. The second-order valence-corrected chi connectivity index (χ2v) is 5.14. The monoisotopic (exact) mass is 255 g/mol. The third kappa shape index (κ3) is 3.61. The molecule has 0 atom stereocenters. The van der Waals surface area contributed by atoms with E-state index >= 15 is 0 Å². The number of benzene rings is 1. The van der Waals surface area contributed by atoms with Gasteiger partial charge in [0.2, 0.25) is 5.91 Å². The van der Waals surface area contributed by atoms with Gasteiger partial charge in [0.15, 0.2) is 0 Å². The minimum Gasteiger partial charge on any atom is -0.376 e. The number of rotatable bonds is 3. The maximum Gasteiger partial charge on any atom is 0.243 e. The summed E-state index contributed by atoms with van der Waals surface area (Å²) in [6, 6.07) is 5.35. The smallest absolute Gasteiger partial charge is 0.243 e. The summed E-state index contributed by atoms with van der Waals surface area (Å²) < 4.78 is 0. The Labute approximate surface area is 107 Å². The first-order valence-electron chi connectivity index (χ1n) is 5.29. The van der Waals surface area contributed by atoms with Crippen LogP contribution in [0.2, 0.25) is 5.02 Å². The zero-order chi connectivity index (χ0) is 13.2. The van der Waals surface area contributed by atoms with E-state index in [9.17, 15) is 4.79 Å². The van der Waals surface area contributed by atoms with Crippen molar-refractivity contribution in [3.63, 3.8) is 0 Å². The first-order valence-corrected chi connectivity index (χ1v) is 5.67. The molecule has 0 aliphatic rings. The summed E-state index contributed by atoms with van der Waals surface area (Å²) >= 11 is 6.10. The van der Waals surface area contributed by atoms with E-state index in [4.69, 9.17) is 17.3 Å². The van der Waals surface area contributed by atoms with Gasteiger partial charge in [0, 0.05) is 19.8 Å². The first kappa shape index (κ1) is 13.8. The number of hydrogen-bond donors (Lipinski definition) is 2. The fourth-order valence-corrected chi connectivity index (χ4v) is 1.59. The van der Waals surface area contributed by atoms with E-state index in [1.165, 1.54) is 0 Å². The fraction of sp³-hybridized carbons (Fsp3) is 0.417. The van der Waals surface area contributed by atoms with Crippen molar-refractivity contribution in [1.29, 1.82) is 0 Å². The molecule has 0 bridgehead atoms. The number of carbonyl (C=O) groups excluding carboxylic acids is 1. The van der Waals surface area contributed by atoms with E-state index in [1.54, 1.807) is 26.0 Å². The van der Waals surface area contributed by atoms with Gasteiger partial charge >= 0.3 is 0 Å². The molecule has 0 aromatic heterocycles. The molecule has 0 spiro atoms. The Kier molecular flexibility index (Phi) is 4.01. The molecule has 0 saturated heterocycles. The van der Waals surface area contributed by atoms with E-state index in [2.05, 4.69) is 5.32 Å². The minimum absolute atomic E-state index is 0.244. The van der Waals surface area contributed by atoms with Crippen molar-refractivity contribution in [2.75, 3.05) is 24.3 Å². The molecule has 0 saturated carbocycles. The Morgan fingerprint density at radius 3 is 2.41 bits per heavy atom. The molecule has 17 heavy (non-hydrogen) atoms. The molecule has 5 heteroatoms. The van der Waals surface area contributed by atoms with E-state index < -0.39 is 5.54 Å². The van der Waals surface area contributed by atoms with Crippen LogP contribution in [0.25, 0.3) is 0 Å². The lowest BCUT2D eigenvalue weighted by atomic mass is 10.1. The number of nitrogens with two attached hydrogens (primary N) is 1. The molecule has 4 nitrogen and oxygen atoms in total. The van der Waals surface area contributed by atoms with Crippen LogP contribution in [0.5, 0.6) is 0 Å². The van der Waals surface area contributed by atoms with Crippen LogP contribution in [0.15, 0.2) is 18.2 Å². The zero-order valence-electron chi connectivity index (χ0n) is 10.5. The quantitative estimate of drug-likeness (QED) is 0.870. The minimum atomic E-state index is -0.910. The van der Waals surface area contributed by atoms with Crippen molar-refractivity contribution in [3.8, 4) is 0 Å². The molecule has 0 aliphatic carbocycles. The summed E-state index contributed by atoms with van der Waals surface area (Å²) in [6.45, 7) is 3.30. The molecule has 94 valence electrons. The highest BCUT2D eigenvalue weighted by Gasteiger charge is 2.21. The van der Waals surface area contributed by atoms with Crippen LogP contribution in [0.1, 0.15) is 13.8 Å². The fourth-order valence-electron chi connectivity index (χ4n) is 1.24. The highest BCUT2D eigenvalue weighted by atomic mass is 35.5. The summed E-state index contributed by atoms with van der Waals surface area (Å²) in [5.41, 5.74) is 6.32. The molecular formula is C12H18ClN3O. The Bertz CT molecular complexity index is 424. The summed E-state index contributed by atoms with van der Waals surface area (Å²) in [5.74, 6) is -0.244. The maximum absolute atomic E-state index is 11.7. The summed E-state index contributed by atoms with van der Waals surface area (Å²) in [5, 5.41) is 3.31. The maximum atomic E-state index is 11.7. The number of amides is 1. The molecule has 0 aliphatic heterocycles. The average molecular weight is 256 g/mol. The number of anilines is 2. The van der Waals surface area contributed by atoms with Gasteiger partial charge in [-0.3, -0.25) is 4.79 Å². The van der Waals surface area contributed by atoms with E-state index in [-0.39, 0.29) is 5.91 Å². The van der Waals surface area contributed by atoms with Gasteiger partial charge in [-0.1, -0.05) is 11.6 Å². The van der Waals surface area contributed by atoms with Crippen molar-refractivity contribution >= 4 is 28.9 Å². The lowest BCUT2D eigenvalue weighted by molar-refractivity contribution is -0.120. The molecule has 1 rings (SSSR count). The molecule has 0 heterocycles. The predicted molar refractivity (Wildman–Crippen MR) is 72.7 cm³/mol. The lowest BCUT2D eigenvalue weighted by Crippen LogP contribution is -2.45. The van der Waals surface area contributed by atoms with Crippen LogP contribution >= 0.6 is 11.6 Å². The van der Waals surface area contributed by atoms with Crippen molar-refractivity contribution in [2.24, 2.45) is 5.73 Å². The molecule has 1 aromatic carbocycles. The van der Waals surface area contributed by atoms with Crippen LogP contribution < -0.4 is 16.0 Å². The normalized spacial score (nSPS) is 11.2. The van der Waals surface area contributed by atoms with Crippen molar-refractivity contribution in [2.45, 2.75) is 19.4 Å². The molecule has 0 radical (unpaired) electrons. The average Bonchev–Trinajstić information content (AvgIpc) is 2.15. The van der Waals surface area contributed by atoms with Gasteiger partial charge < -0.3 is 16.0 Å². The van der Waals surface area contributed by atoms with E-state index in [0.29, 0.717) is 10.7 Å². The SMILES string of the molecule is CN(C)c1ccc(NC(=O)C(C)(C)N)cc1Cl. The first-order chi connectivity index (χ1) is 7.71. The highest BCUT2D eigenvalue weighted by molar-refractivity contribution is 6.33. The van der Waals surface area contributed by atoms with E-state index in [1.807, 2.05) is 25.1 Å². The van der Waals surface area contributed by atoms with Crippen molar-refractivity contribution < 1.29 is 4.79 Å². The van der Waals surface area contributed by atoms with Gasteiger partial charge in [-0.05, 0) is 32.0 Å². The molecule has 1 aromatic rings. The van der Waals surface area contributed by atoms with Crippen LogP contribution in [0.4, 0.5) is 11.4 Å². The number of nitrogens with zero attached hydrogens (tertiary/aromatic N) is 1. The Balaban J connectivity index is 2.89. The summed E-state index contributed by atoms with van der Waals surface area (Å²) in [6.07, 6.45) is 0. The largest absolute Gasteiger partial charge is 0.376 e. The van der Waals surface area contributed by atoms with Crippen molar-refractivity contribution in [1.82, 2.24) is 0 Å².